The molecule has 3 atom stereocenters. The number of rotatable bonds is 0. The summed E-state index contributed by atoms with van der Waals surface area (Å²) in [5.74, 6) is 1.43. The minimum Gasteiger partial charge on any atom is -0.432 e. The Labute approximate surface area is 67.6 Å². The third-order valence-electron chi connectivity index (χ3n) is 3.96. The van der Waals surface area contributed by atoms with Crippen LogP contribution in [-0.4, -0.2) is 29.2 Å². The van der Waals surface area contributed by atoms with Gasteiger partial charge in [-0.2, -0.15) is 0 Å². The normalized spacial score (nSPS) is 56.5. The Balaban J connectivity index is 2.12. The average molecular weight is 157 g/mol. The Morgan fingerprint density at radius 3 is 2.36 bits per heavy atom. The molecule has 11 heavy (non-hydrogen) atoms. The minimum atomic E-state index is -0.152. The van der Waals surface area contributed by atoms with Crippen LogP contribution in [0.2, 0.25) is 0 Å². The second-order valence-electron chi connectivity index (χ2n) is 4.09. The van der Waals surface area contributed by atoms with Crippen LogP contribution < -0.4 is 0 Å². The van der Waals surface area contributed by atoms with Gasteiger partial charge in [0, 0.05) is 11.8 Å². The van der Waals surface area contributed by atoms with E-state index in [0.717, 1.165) is 13.0 Å². The maximum absolute atomic E-state index is 9.75. The van der Waals surface area contributed by atoms with E-state index >= 15 is 0 Å². The van der Waals surface area contributed by atoms with E-state index in [9.17, 15) is 5.11 Å². The fourth-order valence-electron chi connectivity index (χ4n) is 2.78. The summed E-state index contributed by atoms with van der Waals surface area (Å²) < 4.78 is 4.21. The van der Waals surface area contributed by atoms with Gasteiger partial charge in [0.1, 0.15) is 12.7 Å². The summed E-state index contributed by atoms with van der Waals surface area (Å²) in [6.07, 6.45) is 0.956. The molecule has 1 saturated heterocycles. The monoisotopic (exact) mass is 157 g/mol. The van der Waals surface area contributed by atoms with Crippen molar-refractivity contribution in [1.82, 2.24) is 0 Å². The van der Waals surface area contributed by atoms with E-state index in [1.54, 1.807) is 0 Å². The predicted octanol–water partition coefficient (Wildman–Crippen LogP) is 0.551. The molecule has 2 N–H and O–H groups in total. The molecule has 1 aliphatic carbocycles. The van der Waals surface area contributed by atoms with Gasteiger partial charge in [-0.3, -0.25) is 0 Å². The summed E-state index contributed by atoms with van der Waals surface area (Å²) >= 11 is 0. The first-order chi connectivity index (χ1) is 5.19. The molecule has 0 bridgehead atoms. The molecule has 2 fully saturated rings. The Bertz CT molecular complexity index is 159. The van der Waals surface area contributed by atoms with Gasteiger partial charge in [0.05, 0.1) is 0 Å². The van der Waals surface area contributed by atoms with E-state index in [4.69, 9.17) is 0 Å². The summed E-state index contributed by atoms with van der Waals surface area (Å²) in [5, 5.41) is 9.75. The fraction of sp³-hybridized carbons (Fsp3) is 1.00. The van der Waals surface area contributed by atoms with Gasteiger partial charge < -0.3 is 9.84 Å². The van der Waals surface area contributed by atoms with Crippen molar-refractivity contribution in [2.45, 2.75) is 26.4 Å². The van der Waals surface area contributed by atoms with Crippen LogP contribution in [0.4, 0.5) is 0 Å². The zero-order chi connectivity index (χ0) is 8.06. The first kappa shape index (κ1) is 7.56. The molecule has 1 heterocycles. The third-order valence-corrected chi connectivity index (χ3v) is 3.96. The van der Waals surface area contributed by atoms with E-state index in [2.05, 4.69) is 18.6 Å². The molecule has 64 valence electrons. The van der Waals surface area contributed by atoms with Crippen molar-refractivity contribution in [1.29, 1.82) is 0 Å². The van der Waals surface area contributed by atoms with Crippen molar-refractivity contribution in [3.05, 3.63) is 0 Å². The van der Waals surface area contributed by atoms with Crippen molar-refractivity contribution >= 4 is 0 Å². The van der Waals surface area contributed by atoms with Crippen LogP contribution >= 0.6 is 0 Å². The lowest BCUT2D eigenvalue weighted by atomic mass is 9.90. The van der Waals surface area contributed by atoms with E-state index in [1.165, 1.54) is 0 Å². The topological polar surface area (TPSA) is 33.0 Å². The van der Waals surface area contributed by atoms with E-state index < -0.39 is 0 Å². The number of ether oxygens (including phenoxy) is 1. The molecule has 0 aromatic carbocycles. The summed E-state index contributed by atoms with van der Waals surface area (Å²) in [6.45, 7) is 6.14. The van der Waals surface area contributed by atoms with Crippen LogP contribution in [0.15, 0.2) is 0 Å². The molecule has 2 rings (SSSR count). The molecule has 1 aliphatic heterocycles. The van der Waals surface area contributed by atoms with Gasteiger partial charge in [0.15, 0.2) is 6.61 Å². The van der Waals surface area contributed by atoms with Gasteiger partial charge in [0.25, 0.3) is 0 Å². The van der Waals surface area contributed by atoms with Gasteiger partial charge in [-0.15, -0.1) is 0 Å². The van der Waals surface area contributed by atoms with Crippen molar-refractivity contribution in [3.63, 3.8) is 0 Å². The smallest absolute Gasteiger partial charge is 0.171 e. The fourth-order valence-corrected chi connectivity index (χ4v) is 2.78. The standard InChI is InChI=1S/C9H16O2/c1-6-7(2)9(6)3-4-11-5-8(9)10/h6-8,10H,3-5H2,1-2H3/p+1/t6?,7?,8-,9?/m0/s1. The van der Waals surface area contributed by atoms with Crippen molar-refractivity contribution in [3.8, 4) is 0 Å². The van der Waals surface area contributed by atoms with Crippen LogP contribution in [0.3, 0.4) is 0 Å². The molecule has 1 saturated carbocycles. The highest BCUT2D eigenvalue weighted by Gasteiger charge is 2.65. The number of aliphatic hydroxyl groups excluding tert-OH is 1. The molecule has 0 radical (unpaired) electrons. The number of hydrogen-bond acceptors (Lipinski definition) is 1. The summed E-state index contributed by atoms with van der Waals surface area (Å²) in [7, 11) is 0. The Kier molecular flexibility index (Phi) is 1.52. The molecule has 2 unspecified atom stereocenters. The zero-order valence-corrected chi connectivity index (χ0v) is 7.25. The SMILES string of the molecule is CC1C(C)C12CC[OH+]C[C@@H]2O. The maximum atomic E-state index is 9.75. The Morgan fingerprint density at radius 1 is 1.36 bits per heavy atom. The summed E-state index contributed by atoms with van der Waals surface area (Å²) in [4.78, 5) is 0. The Hall–Kier alpha value is -0.0800. The van der Waals surface area contributed by atoms with Gasteiger partial charge in [-0.25, -0.2) is 0 Å². The first-order valence-electron chi connectivity index (χ1n) is 4.51. The second-order valence-corrected chi connectivity index (χ2v) is 4.09. The third kappa shape index (κ3) is 0.798. The Morgan fingerprint density at radius 2 is 2.00 bits per heavy atom. The predicted molar refractivity (Wildman–Crippen MR) is 43.3 cm³/mol. The van der Waals surface area contributed by atoms with Crippen molar-refractivity contribution in [2.75, 3.05) is 13.2 Å². The summed E-state index contributed by atoms with van der Waals surface area (Å²) in [6, 6.07) is 0. The minimum absolute atomic E-state index is 0.152. The molecule has 1 spiro atoms. The lowest BCUT2D eigenvalue weighted by Gasteiger charge is -2.26. The molecule has 0 amide bonds. The van der Waals surface area contributed by atoms with Crippen LogP contribution in [0.5, 0.6) is 0 Å². The highest BCUT2D eigenvalue weighted by molar-refractivity contribution is 5.10. The highest BCUT2D eigenvalue weighted by atomic mass is 16.5. The quantitative estimate of drug-likeness (QED) is 0.512. The van der Waals surface area contributed by atoms with E-state index in [0.29, 0.717) is 18.4 Å². The van der Waals surface area contributed by atoms with E-state index in [1.807, 2.05) is 0 Å². The van der Waals surface area contributed by atoms with E-state index in [-0.39, 0.29) is 11.5 Å². The van der Waals surface area contributed by atoms with Gasteiger partial charge in [0.2, 0.25) is 0 Å². The van der Waals surface area contributed by atoms with Crippen LogP contribution in [0.25, 0.3) is 0 Å². The van der Waals surface area contributed by atoms with Gasteiger partial charge >= 0.3 is 0 Å². The molecular weight excluding hydrogens is 140 g/mol. The summed E-state index contributed by atoms with van der Waals surface area (Å²) in [5.41, 5.74) is 0.266. The lowest BCUT2D eigenvalue weighted by Crippen LogP contribution is -2.37. The van der Waals surface area contributed by atoms with Crippen LogP contribution in [-0.2, 0) is 0 Å². The largest absolute Gasteiger partial charge is 0.432 e. The van der Waals surface area contributed by atoms with Gasteiger partial charge in [-0.1, -0.05) is 13.8 Å². The molecule has 2 nitrogen and oxygen atoms in total. The highest BCUT2D eigenvalue weighted by Crippen LogP contribution is 2.63. The lowest BCUT2D eigenvalue weighted by molar-refractivity contribution is -0.153. The van der Waals surface area contributed by atoms with Crippen molar-refractivity contribution < 1.29 is 9.84 Å². The second kappa shape index (κ2) is 2.20. The molecule has 0 aromatic rings. The maximum Gasteiger partial charge on any atom is 0.171 e. The zero-order valence-electron chi connectivity index (χ0n) is 7.25. The molecule has 0 aromatic heterocycles. The van der Waals surface area contributed by atoms with Crippen LogP contribution in [0.1, 0.15) is 20.3 Å². The van der Waals surface area contributed by atoms with Gasteiger partial charge in [-0.05, 0) is 11.8 Å². The molecule has 2 aliphatic rings. The van der Waals surface area contributed by atoms with Crippen molar-refractivity contribution in [2.24, 2.45) is 17.3 Å². The molecular formula is C9H17O2+. The number of aliphatic hydroxyl groups is 3. The average Bonchev–Trinajstić information content (AvgIpc) is 2.50. The first-order valence-corrected chi connectivity index (χ1v) is 4.51. The number of hydrogen-bond donors (Lipinski definition) is 1. The molecule has 2 heteroatoms. The van der Waals surface area contributed by atoms with Crippen LogP contribution in [0, 0.1) is 17.3 Å².